The predicted octanol–water partition coefficient (Wildman–Crippen LogP) is 3.04. The molecule has 4 aliphatic carbocycles. The van der Waals surface area contributed by atoms with Crippen LogP contribution in [0, 0.1) is 23.2 Å². The fourth-order valence-electron chi connectivity index (χ4n) is 5.97. The molecule has 4 aliphatic rings. The Hall–Kier alpha value is -2.04. The van der Waals surface area contributed by atoms with Gasteiger partial charge in [0.15, 0.2) is 12.4 Å². The van der Waals surface area contributed by atoms with Crippen LogP contribution in [-0.4, -0.2) is 24.4 Å². The molecule has 4 saturated carbocycles. The zero-order valence-electron chi connectivity index (χ0n) is 15.5. The highest BCUT2D eigenvalue weighted by molar-refractivity contribution is 5.97. The number of oxime groups is 1. The van der Waals surface area contributed by atoms with Gasteiger partial charge in [-0.2, -0.15) is 0 Å². The number of hydrogen-bond donors (Lipinski definition) is 2. The monoisotopic (exact) mass is 355 g/mol. The summed E-state index contributed by atoms with van der Waals surface area (Å²) in [4.78, 5) is 17.5. The van der Waals surface area contributed by atoms with Gasteiger partial charge in [0.05, 0.1) is 0 Å². The van der Waals surface area contributed by atoms with Gasteiger partial charge in [-0.05, 0) is 68.6 Å². The molecule has 0 heterocycles. The third kappa shape index (κ3) is 3.44. The van der Waals surface area contributed by atoms with Crippen LogP contribution in [0.4, 0.5) is 0 Å². The minimum Gasteiger partial charge on any atom is -0.384 e. The summed E-state index contributed by atoms with van der Waals surface area (Å²) in [6, 6.07) is 9.60. The summed E-state index contributed by atoms with van der Waals surface area (Å²) in [6.45, 7) is 2.08. The molecule has 1 amide bonds. The van der Waals surface area contributed by atoms with E-state index in [4.69, 9.17) is 10.6 Å². The lowest BCUT2D eigenvalue weighted by atomic mass is 9.48. The van der Waals surface area contributed by atoms with Crippen molar-refractivity contribution in [1.29, 1.82) is 0 Å². The highest BCUT2D eigenvalue weighted by Gasteiger charge is 2.53. The van der Waals surface area contributed by atoms with Crippen molar-refractivity contribution >= 4 is 11.7 Å². The average Bonchev–Trinajstić information content (AvgIpc) is 2.61. The predicted molar refractivity (Wildman–Crippen MR) is 101 cm³/mol. The van der Waals surface area contributed by atoms with Crippen LogP contribution in [-0.2, 0) is 9.63 Å². The fraction of sp³-hybridized carbons (Fsp3) is 0.619. The Bertz CT molecular complexity index is 650. The molecule has 0 aliphatic heterocycles. The second kappa shape index (κ2) is 6.93. The lowest BCUT2D eigenvalue weighted by Crippen LogP contribution is -2.56. The number of benzene rings is 1. The summed E-state index contributed by atoms with van der Waals surface area (Å²) in [6.07, 6.45) is 8.07. The highest BCUT2D eigenvalue weighted by atomic mass is 16.6. The van der Waals surface area contributed by atoms with E-state index in [0.717, 1.165) is 23.3 Å². The molecule has 0 spiro atoms. The average molecular weight is 355 g/mol. The molecule has 140 valence electrons. The molecule has 26 heavy (non-hydrogen) atoms. The topological polar surface area (TPSA) is 76.7 Å². The second-order valence-electron chi connectivity index (χ2n) is 8.69. The van der Waals surface area contributed by atoms with Crippen LogP contribution in [0.5, 0.6) is 0 Å². The van der Waals surface area contributed by atoms with Crippen LogP contribution >= 0.6 is 0 Å². The Morgan fingerprint density at radius 1 is 1.19 bits per heavy atom. The molecule has 4 fully saturated rings. The van der Waals surface area contributed by atoms with Gasteiger partial charge >= 0.3 is 0 Å². The van der Waals surface area contributed by atoms with Gasteiger partial charge in [0.25, 0.3) is 5.91 Å². The number of rotatable bonds is 6. The first-order valence-corrected chi connectivity index (χ1v) is 9.84. The number of carbonyl (C=O) groups is 1. The number of amides is 1. The molecular formula is C21H29N3O2. The van der Waals surface area contributed by atoms with Crippen molar-refractivity contribution in [2.45, 2.75) is 51.5 Å². The van der Waals surface area contributed by atoms with Gasteiger partial charge in [-0.15, -0.1) is 0 Å². The quantitative estimate of drug-likeness (QED) is 0.468. The van der Waals surface area contributed by atoms with E-state index < -0.39 is 0 Å². The Morgan fingerprint density at radius 3 is 2.35 bits per heavy atom. The van der Waals surface area contributed by atoms with Crippen molar-refractivity contribution in [1.82, 2.24) is 5.32 Å². The van der Waals surface area contributed by atoms with Gasteiger partial charge in [-0.1, -0.05) is 35.5 Å². The van der Waals surface area contributed by atoms with E-state index in [1.807, 2.05) is 30.3 Å². The molecule has 5 rings (SSSR count). The summed E-state index contributed by atoms with van der Waals surface area (Å²) in [5, 5.41) is 7.04. The largest absolute Gasteiger partial charge is 0.384 e. The summed E-state index contributed by atoms with van der Waals surface area (Å²) in [7, 11) is 0. The Morgan fingerprint density at radius 2 is 1.77 bits per heavy atom. The Labute approximate surface area is 155 Å². The smallest absolute Gasteiger partial charge is 0.261 e. The normalized spacial score (nSPS) is 33.7. The van der Waals surface area contributed by atoms with E-state index in [0.29, 0.717) is 5.41 Å². The first-order valence-electron chi connectivity index (χ1n) is 9.84. The van der Waals surface area contributed by atoms with Crippen molar-refractivity contribution in [3.05, 3.63) is 35.9 Å². The molecule has 0 saturated heterocycles. The molecule has 1 aromatic carbocycles. The van der Waals surface area contributed by atoms with E-state index in [1.54, 1.807) is 0 Å². The maximum Gasteiger partial charge on any atom is 0.261 e. The van der Waals surface area contributed by atoms with Gasteiger partial charge in [0.2, 0.25) is 0 Å². The van der Waals surface area contributed by atoms with Crippen molar-refractivity contribution in [2.24, 2.45) is 34.1 Å². The number of nitrogens with two attached hydrogens (primary N) is 1. The zero-order chi connectivity index (χ0) is 18.1. The number of nitrogens with zero attached hydrogens (tertiary/aromatic N) is 1. The molecule has 0 unspecified atom stereocenters. The maximum atomic E-state index is 12.3. The summed E-state index contributed by atoms with van der Waals surface area (Å²) in [5.74, 6) is 2.82. The van der Waals surface area contributed by atoms with Crippen LogP contribution in [0.25, 0.3) is 0 Å². The number of amidine groups is 1. The summed E-state index contributed by atoms with van der Waals surface area (Å²) >= 11 is 0. The molecule has 3 N–H and O–H groups in total. The lowest BCUT2D eigenvalue weighted by Gasteiger charge is -2.59. The molecule has 5 heteroatoms. The first kappa shape index (κ1) is 17.4. The Balaban J connectivity index is 1.30. The zero-order valence-corrected chi connectivity index (χ0v) is 15.5. The molecule has 1 atom stereocenters. The third-order valence-corrected chi connectivity index (χ3v) is 6.81. The SMILES string of the molecule is C[C@@H](NC(=O)CO/N=C(/N)c1ccccc1)C12CC3CC(CC(C3)C1)C2. The van der Waals surface area contributed by atoms with Crippen LogP contribution in [0.15, 0.2) is 35.5 Å². The van der Waals surface area contributed by atoms with Crippen LogP contribution in [0.1, 0.15) is 51.0 Å². The molecule has 5 nitrogen and oxygen atoms in total. The van der Waals surface area contributed by atoms with E-state index in [2.05, 4.69) is 17.4 Å². The van der Waals surface area contributed by atoms with Gasteiger partial charge in [0.1, 0.15) is 0 Å². The standard InChI is InChI=1S/C21H29N3O2/c1-14(21-10-15-7-16(11-21)9-17(8-15)12-21)23-19(25)13-26-24-20(22)18-5-3-2-4-6-18/h2-6,14-17H,7-13H2,1H3,(H2,22,24)(H,23,25)/t14-,15?,16?,17?,21?/m1/s1. The number of carbonyl (C=O) groups excluding carboxylic acids is 1. The molecular weight excluding hydrogens is 326 g/mol. The summed E-state index contributed by atoms with van der Waals surface area (Å²) < 4.78 is 0. The molecule has 1 aromatic rings. The molecule has 4 bridgehead atoms. The fourth-order valence-corrected chi connectivity index (χ4v) is 5.97. The van der Waals surface area contributed by atoms with Gasteiger partial charge in [-0.3, -0.25) is 4.79 Å². The first-order chi connectivity index (χ1) is 12.5. The van der Waals surface area contributed by atoms with Gasteiger partial charge in [-0.25, -0.2) is 0 Å². The Kier molecular flexibility index (Phi) is 4.63. The second-order valence-corrected chi connectivity index (χ2v) is 8.69. The number of nitrogens with one attached hydrogen (secondary N) is 1. The van der Waals surface area contributed by atoms with E-state index in [9.17, 15) is 4.79 Å². The van der Waals surface area contributed by atoms with E-state index in [-0.39, 0.29) is 24.4 Å². The van der Waals surface area contributed by atoms with E-state index in [1.165, 1.54) is 38.5 Å². The minimum absolute atomic E-state index is 0.0930. The van der Waals surface area contributed by atoms with Crippen molar-refractivity contribution < 1.29 is 9.63 Å². The minimum atomic E-state index is -0.113. The summed E-state index contributed by atoms with van der Waals surface area (Å²) in [5.41, 5.74) is 6.97. The van der Waals surface area contributed by atoms with Crippen LogP contribution < -0.4 is 11.1 Å². The van der Waals surface area contributed by atoms with Gasteiger partial charge < -0.3 is 15.9 Å². The van der Waals surface area contributed by atoms with Crippen molar-refractivity contribution in [2.75, 3.05) is 6.61 Å². The molecule has 0 radical (unpaired) electrons. The van der Waals surface area contributed by atoms with Crippen molar-refractivity contribution in [3.8, 4) is 0 Å². The number of hydrogen-bond acceptors (Lipinski definition) is 3. The van der Waals surface area contributed by atoms with Crippen molar-refractivity contribution in [3.63, 3.8) is 0 Å². The highest BCUT2D eigenvalue weighted by Crippen LogP contribution is 2.61. The van der Waals surface area contributed by atoms with Gasteiger partial charge in [0, 0.05) is 11.6 Å². The lowest BCUT2D eigenvalue weighted by molar-refractivity contribution is -0.130. The maximum absolute atomic E-state index is 12.3. The third-order valence-electron chi connectivity index (χ3n) is 6.81. The molecule has 0 aromatic heterocycles. The van der Waals surface area contributed by atoms with Crippen LogP contribution in [0.2, 0.25) is 0 Å². The van der Waals surface area contributed by atoms with Crippen LogP contribution in [0.3, 0.4) is 0 Å². The van der Waals surface area contributed by atoms with E-state index >= 15 is 0 Å².